The summed E-state index contributed by atoms with van der Waals surface area (Å²) in [5, 5.41) is 6.32. The van der Waals surface area contributed by atoms with Crippen LogP contribution in [0.3, 0.4) is 0 Å². The van der Waals surface area contributed by atoms with Crippen molar-refractivity contribution in [3.05, 3.63) is 47.5 Å². The van der Waals surface area contributed by atoms with Gasteiger partial charge in [-0.3, -0.25) is 9.59 Å². The molecule has 0 unspecified atom stereocenters. The van der Waals surface area contributed by atoms with Crippen LogP contribution in [-0.2, 0) is 9.59 Å². The Hall–Kier alpha value is -3.55. The third-order valence-electron chi connectivity index (χ3n) is 3.67. The van der Waals surface area contributed by atoms with Crippen LogP contribution in [0.4, 0.5) is 5.69 Å². The lowest BCUT2D eigenvalue weighted by molar-refractivity contribution is -0.136. The zero-order chi connectivity index (χ0) is 19.8. The molecular formula is C19H21N3O5. The second kappa shape index (κ2) is 9.23. The molecule has 27 heavy (non-hydrogen) atoms. The van der Waals surface area contributed by atoms with E-state index in [1.54, 1.807) is 24.3 Å². The molecule has 0 bridgehead atoms. The number of ether oxygens (including phenoxy) is 3. The van der Waals surface area contributed by atoms with Gasteiger partial charge in [0.25, 0.3) is 0 Å². The molecule has 0 aliphatic carbocycles. The number of nitrogens with zero attached hydrogens (tertiary/aromatic N) is 1. The molecule has 0 fully saturated rings. The van der Waals surface area contributed by atoms with Crippen LogP contribution in [0.5, 0.6) is 17.2 Å². The van der Waals surface area contributed by atoms with Crippen molar-refractivity contribution in [1.82, 2.24) is 5.43 Å². The van der Waals surface area contributed by atoms with E-state index in [-0.39, 0.29) is 0 Å². The maximum Gasteiger partial charge on any atom is 0.329 e. The zero-order valence-corrected chi connectivity index (χ0v) is 15.5. The molecule has 2 rings (SSSR count). The number of anilines is 1. The molecule has 0 saturated heterocycles. The Balaban J connectivity index is 2.05. The van der Waals surface area contributed by atoms with Crippen molar-refractivity contribution in [2.75, 3.05) is 26.6 Å². The van der Waals surface area contributed by atoms with E-state index < -0.39 is 11.8 Å². The summed E-state index contributed by atoms with van der Waals surface area (Å²) in [6.45, 7) is 1.83. The lowest BCUT2D eigenvalue weighted by Crippen LogP contribution is -2.32. The largest absolute Gasteiger partial charge is 0.493 e. The van der Waals surface area contributed by atoms with E-state index in [0.717, 1.165) is 5.56 Å². The summed E-state index contributed by atoms with van der Waals surface area (Å²) in [6, 6.07) is 10.5. The van der Waals surface area contributed by atoms with E-state index in [9.17, 15) is 9.59 Å². The molecule has 0 saturated carbocycles. The van der Waals surface area contributed by atoms with E-state index >= 15 is 0 Å². The minimum absolute atomic E-state index is 0.443. The Labute approximate surface area is 157 Å². The van der Waals surface area contributed by atoms with E-state index in [0.29, 0.717) is 28.5 Å². The number of carbonyl (C=O) groups excluding carboxylic acids is 2. The summed E-state index contributed by atoms with van der Waals surface area (Å²) in [5.41, 5.74) is 4.18. The van der Waals surface area contributed by atoms with Gasteiger partial charge in [-0.2, -0.15) is 5.10 Å². The predicted octanol–water partition coefficient (Wildman–Crippen LogP) is 2.11. The summed E-state index contributed by atoms with van der Waals surface area (Å²) in [7, 11) is 4.49. The van der Waals surface area contributed by atoms with Crippen LogP contribution >= 0.6 is 0 Å². The number of aryl methyl sites for hydroxylation is 1. The first kappa shape index (κ1) is 19.8. The third-order valence-corrected chi connectivity index (χ3v) is 3.67. The molecule has 2 amide bonds. The van der Waals surface area contributed by atoms with Gasteiger partial charge in [-0.25, -0.2) is 5.43 Å². The molecule has 0 atom stereocenters. The number of hydrazone groups is 1. The van der Waals surface area contributed by atoms with Gasteiger partial charge in [0, 0.05) is 11.3 Å². The van der Waals surface area contributed by atoms with Crippen LogP contribution in [0.2, 0.25) is 0 Å². The monoisotopic (exact) mass is 371 g/mol. The van der Waals surface area contributed by atoms with Gasteiger partial charge in [0.1, 0.15) is 0 Å². The van der Waals surface area contributed by atoms with Crippen molar-refractivity contribution in [2.24, 2.45) is 5.10 Å². The topological polar surface area (TPSA) is 98.2 Å². The van der Waals surface area contributed by atoms with Gasteiger partial charge >= 0.3 is 11.8 Å². The first-order valence-corrected chi connectivity index (χ1v) is 8.00. The highest BCUT2D eigenvalue weighted by Crippen LogP contribution is 2.37. The Morgan fingerprint density at radius 3 is 2.15 bits per heavy atom. The van der Waals surface area contributed by atoms with Crippen molar-refractivity contribution in [2.45, 2.75) is 6.92 Å². The minimum Gasteiger partial charge on any atom is -0.493 e. The highest BCUT2D eigenvalue weighted by Gasteiger charge is 2.14. The minimum atomic E-state index is -0.887. The fourth-order valence-electron chi connectivity index (χ4n) is 2.28. The number of methoxy groups -OCH3 is 3. The molecule has 0 radical (unpaired) electrons. The molecule has 0 spiro atoms. The molecule has 2 N–H and O–H groups in total. The van der Waals surface area contributed by atoms with Crippen molar-refractivity contribution < 1.29 is 23.8 Å². The van der Waals surface area contributed by atoms with Crippen molar-refractivity contribution in [1.29, 1.82) is 0 Å². The maximum atomic E-state index is 11.9. The highest BCUT2D eigenvalue weighted by atomic mass is 16.5. The summed E-state index contributed by atoms with van der Waals surface area (Å²) in [5.74, 6) is -0.365. The lowest BCUT2D eigenvalue weighted by atomic mass is 10.2. The maximum absolute atomic E-state index is 11.9. The molecule has 2 aromatic carbocycles. The molecule has 8 nitrogen and oxygen atoms in total. The molecule has 0 aliphatic heterocycles. The van der Waals surface area contributed by atoms with Crippen molar-refractivity contribution in [3.8, 4) is 17.2 Å². The second-order valence-electron chi connectivity index (χ2n) is 5.43. The number of hydrogen-bond acceptors (Lipinski definition) is 6. The predicted molar refractivity (Wildman–Crippen MR) is 102 cm³/mol. The average molecular weight is 371 g/mol. The number of nitrogens with one attached hydrogen (secondary N) is 2. The summed E-state index contributed by atoms with van der Waals surface area (Å²) in [6.07, 6.45) is 1.36. The Morgan fingerprint density at radius 2 is 1.59 bits per heavy atom. The number of carbonyl (C=O) groups is 2. The summed E-state index contributed by atoms with van der Waals surface area (Å²) >= 11 is 0. The summed E-state index contributed by atoms with van der Waals surface area (Å²) < 4.78 is 15.7. The molecule has 0 aromatic heterocycles. The number of rotatable bonds is 6. The Morgan fingerprint density at radius 1 is 0.963 bits per heavy atom. The van der Waals surface area contributed by atoms with Crippen LogP contribution in [-0.4, -0.2) is 39.4 Å². The van der Waals surface area contributed by atoms with Gasteiger partial charge in [0.15, 0.2) is 11.5 Å². The SMILES string of the molecule is COc1cc(/C=N\NC(=O)C(=O)Nc2ccccc2C)cc(OC)c1OC. The summed E-state index contributed by atoms with van der Waals surface area (Å²) in [4.78, 5) is 23.8. The fraction of sp³-hybridized carbons (Fsp3) is 0.211. The van der Waals surface area contributed by atoms with E-state index in [1.807, 2.05) is 19.1 Å². The normalized spacial score (nSPS) is 10.4. The van der Waals surface area contributed by atoms with Crippen molar-refractivity contribution in [3.63, 3.8) is 0 Å². The smallest absolute Gasteiger partial charge is 0.329 e. The van der Waals surface area contributed by atoms with Gasteiger partial charge in [-0.05, 0) is 30.7 Å². The Bertz CT molecular complexity index is 839. The van der Waals surface area contributed by atoms with Crippen molar-refractivity contribution >= 4 is 23.7 Å². The van der Waals surface area contributed by atoms with Gasteiger partial charge < -0.3 is 19.5 Å². The Kier molecular flexibility index (Phi) is 6.76. The van der Waals surface area contributed by atoms with Gasteiger partial charge in [-0.15, -0.1) is 0 Å². The lowest BCUT2D eigenvalue weighted by Gasteiger charge is -2.12. The van der Waals surface area contributed by atoms with Crippen LogP contribution in [0.15, 0.2) is 41.5 Å². The van der Waals surface area contributed by atoms with E-state index in [1.165, 1.54) is 27.5 Å². The molecule has 2 aromatic rings. The van der Waals surface area contributed by atoms with Crippen LogP contribution < -0.4 is 25.0 Å². The molecule has 142 valence electrons. The van der Waals surface area contributed by atoms with Crippen LogP contribution in [0.1, 0.15) is 11.1 Å². The standard InChI is InChI=1S/C19H21N3O5/c1-12-7-5-6-8-14(12)21-18(23)19(24)22-20-11-13-9-15(25-2)17(27-4)16(10-13)26-3/h5-11H,1-4H3,(H,21,23)(H,22,24)/b20-11-. The van der Waals surface area contributed by atoms with Gasteiger partial charge in [0.05, 0.1) is 27.5 Å². The number of hydrogen-bond donors (Lipinski definition) is 2. The van der Waals surface area contributed by atoms with Crippen LogP contribution in [0, 0.1) is 6.92 Å². The number of amides is 2. The quantitative estimate of drug-likeness (QED) is 0.460. The molecule has 0 aliphatic rings. The first-order valence-electron chi connectivity index (χ1n) is 8.00. The zero-order valence-electron chi connectivity index (χ0n) is 15.5. The number of para-hydroxylation sites is 1. The third kappa shape index (κ3) is 4.97. The number of benzene rings is 2. The van der Waals surface area contributed by atoms with E-state index in [2.05, 4.69) is 15.8 Å². The highest BCUT2D eigenvalue weighted by molar-refractivity contribution is 6.39. The average Bonchev–Trinajstić information content (AvgIpc) is 2.68. The molecule has 8 heteroatoms. The first-order chi connectivity index (χ1) is 13.0. The van der Waals surface area contributed by atoms with Crippen LogP contribution in [0.25, 0.3) is 0 Å². The van der Waals surface area contributed by atoms with Gasteiger partial charge in [0.2, 0.25) is 5.75 Å². The second-order valence-corrected chi connectivity index (χ2v) is 5.43. The molecular weight excluding hydrogens is 350 g/mol. The fourth-order valence-corrected chi connectivity index (χ4v) is 2.28. The van der Waals surface area contributed by atoms with Gasteiger partial charge in [-0.1, -0.05) is 18.2 Å². The van der Waals surface area contributed by atoms with E-state index in [4.69, 9.17) is 14.2 Å². The molecule has 0 heterocycles.